The number of likely N-dealkylation sites (tertiary alicyclic amines) is 1. The molecule has 3 N–H and O–H groups in total. The van der Waals surface area contributed by atoms with Crippen molar-refractivity contribution in [1.29, 1.82) is 0 Å². The van der Waals surface area contributed by atoms with Gasteiger partial charge in [0.2, 0.25) is 0 Å². The van der Waals surface area contributed by atoms with Crippen molar-refractivity contribution in [1.82, 2.24) is 4.90 Å². The molecular formula is C9H18N2O3. The molecule has 0 aromatic carbocycles. The van der Waals surface area contributed by atoms with E-state index in [4.69, 9.17) is 5.73 Å². The van der Waals surface area contributed by atoms with E-state index in [1.165, 1.54) is 7.11 Å². The maximum absolute atomic E-state index is 11.0. The molecule has 82 valence electrons. The highest BCUT2D eigenvalue weighted by Crippen LogP contribution is 2.09. The quantitative estimate of drug-likeness (QED) is 0.568. The SMILES string of the molecule is COC(=O)C(N)CCN1CCC(O)C1. The molecule has 0 bridgehead atoms. The Hall–Kier alpha value is -0.650. The van der Waals surface area contributed by atoms with Crippen molar-refractivity contribution in [3.8, 4) is 0 Å². The van der Waals surface area contributed by atoms with Gasteiger partial charge in [0.25, 0.3) is 0 Å². The normalized spacial score (nSPS) is 24.9. The molecule has 5 heteroatoms. The minimum atomic E-state index is -0.544. The number of hydrogen-bond donors (Lipinski definition) is 2. The average molecular weight is 202 g/mol. The lowest BCUT2D eigenvalue weighted by Crippen LogP contribution is -2.36. The Morgan fingerprint density at radius 3 is 3.00 bits per heavy atom. The van der Waals surface area contributed by atoms with Gasteiger partial charge in [-0.25, -0.2) is 0 Å². The fourth-order valence-electron chi connectivity index (χ4n) is 1.61. The fraction of sp³-hybridized carbons (Fsp3) is 0.889. The molecule has 5 nitrogen and oxygen atoms in total. The molecule has 0 aromatic heterocycles. The second-order valence-corrected chi connectivity index (χ2v) is 3.66. The predicted molar refractivity (Wildman–Crippen MR) is 51.7 cm³/mol. The van der Waals surface area contributed by atoms with Gasteiger partial charge in [-0.05, 0) is 12.8 Å². The van der Waals surface area contributed by atoms with Crippen molar-refractivity contribution < 1.29 is 14.6 Å². The topological polar surface area (TPSA) is 75.8 Å². The minimum Gasteiger partial charge on any atom is -0.468 e. The monoisotopic (exact) mass is 202 g/mol. The van der Waals surface area contributed by atoms with Gasteiger partial charge >= 0.3 is 5.97 Å². The summed E-state index contributed by atoms with van der Waals surface area (Å²) >= 11 is 0. The van der Waals surface area contributed by atoms with Crippen molar-refractivity contribution in [2.24, 2.45) is 5.73 Å². The molecular weight excluding hydrogens is 184 g/mol. The largest absolute Gasteiger partial charge is 0.468 e. The first kappa shape index (κ1) is 11.4. The summed E-state index contributed by atoms with van der Waals surface area (Å²) in [5.74, 6) is -0.371. The van der Waals surface area contributed by atoms with E-state index in [9.17, 15) is 9.90 Å². The highest BCUT2D eigenvalue weighted by molar-refractivity contribution is 5.75. The number of hydrogen-bond acceptors (Lipinski definition) is 5. The first-order chi connectivity index (χ1) is 6.63. The first-order valence-corrected chi connectivity index (χ1v) is 4.87. The summed E-state index contributed by atoms with van der Waals surface area (Å²) in [5.41, 5.74) is 5.58. The van der Waals surface area contributed by atoms with Crippen LogP contribution in [0.3, 0.4) is 0 Å². The van der Waals surface area contributed by atoms with E-state index in [1.54, 1.807) is 0 Å². The molecule has 1 heterocycles. The third kappa shape index (κ3) is 3.25. The van der Waals surface area contributed by atoms with Gasteiger partial charge in [-0.15, -0.1) is 0 Å². The van der Waals surface area contributed by atoms with E-state index < -0.39 is 6.04 Å². The fourth-order valence-corrected chi connectivity index (χ4v) is 1.61. The molecule has 1 saturated heterocycles. The lowest BCUT2D eigenvalue weighted by atomic mass is 10.2. The number of methoxy groups -OCH3 is 1. The molecule has 1 rings (SSSR count). The molecule has 0 saturated carbocycles. The third-order valence-electron chi connectivity index (χ3n) is 2.51. The summed E-state index contributed by atoms with van der Waals surface area (Å²) in [7, 11) is 1.34. The summed E-state index contributed by atoms with van der Waals surface area (Å²) in [6.45, 7) is 2.32. The van der Waals surface area contributed by atoms with Crippen LogP contribution in [0.15, 0.2) is 0 Å². The van der Waals surface area contributed by atoms with Gasteiger partial charge in [-0.3, -0.25) is 4.79 Å². The zero-order chi connectivity index (χ0) is 10.6. The van der Waals surface area contributed by atoms with Crippen LogP contribution in [0.2, 0.25) is 0 Å². The number of carbonyl (C=O) groups excluding carboxylic acids is 1. The van der Waals surface area contributed by atoms with Crippen LogP contribution in [-0.4, -0.2) is 54.9 Å². The molecule has 0 spiro atoms. The van der Waals surface area contributed by atoms with Crippen LogP contribution in [0.1, 0.15) is 12.8 Å². The minimum absolute atomic E-state index is 0.218. The number of carbonyl (C=O) groups is 1. The second-order valence-electron chi connectivity index (χ2n) is 3.66. The lowest BCUT2D eigenvalue weighted by Gasteiger charge is -2.16. The highest BCUT2D eigenvalue weighted by Gasteiger charge is 2.21. The van der Waals surface area contributed by atoms with E-state index in [0.717, 1.165) is 19.5 Å². The van der Waals surface area contributed by atoms with E-state index in [0.29, 0.717) is 13.0 Å². The van der Waals surface area contributed by atoms with Crippen LogP contribution in [0.4, 0.5) is 0 Å². The zero-order valence-electron chi connectivity index (χ0n) is 8.48. The van der Waals surface area contributed by atoms with E-state index in [2.05, 4.69) is 9.64 Å². The molecule has 0 radical (unpaired) electrons. The zero-order valence-corrected chi connectivity index (χ0v) is 8.48. The molecule has 1 aliphatic rings. The van der Waals surface area contributed by atoms with Crippen molar-refractivity contribution in [2.75, 3.05) is 26.7 Å². The van der Waals surface area contributed by atoms with Crippen LogP contribution in [0.5, 0.6) is 0 Å². The number of esters is 1. The lowest BCUT2D eigenvalue weighted by molar-refractivity contribution is -0.142. The molecule has 2 unspecified atom stereocenters. The Bertz CT molecular complexity index is 198. The van der Waals surface area contributed by atoms with Crippen molar-refractivity contribution in [2.45, 2.75) is 25.0 Å². The van der Waals surface area contributed by atoms with Gasteiger partial charge in [0.05, 0.1) is 13.2 Å². The molecule has 0 aromatic rings. The van der Waals surface area contributed by atoms with Crippen LogP contribution >= 0.6 is 0 Å². The van der Waals surface area contributed by atoms with Gasteiger partial charge in [0.1, 0.15) is 6.04 Å². The summed E-state index contributed by atoms with van der Waals surface area (Å²) in [6, 6.07) is -0.544. The summed E-state index contributed by atoms with van der Waals surface area (Å²) in [4.78, 5) is 13.1. The second kappa shape index (κ2) is 5.29. The number of β-amino-alcohol motifs (C(OH)–C–C–N with tert-alkyl or cyclic N) is 1. The van der Waals surface area contributed by atoms with Crippen LogP contribution in [-0.2, 0) is 9.53 Å². The molecule has 0 amide bonds. The van der Waals surface area contributed by atoms with Crippen LogP contribution in [0, 0.1) is 0 Å². The number of aliphatic hydroxyl groups excluding tert-OH is 1. The molecule has 1 fully saturated rings. The Balaban J connectivity index is 2.17. The summed E-state index contributed by atoms with van der Waals surface area (Å²) < 4.78 is 4.52. The van der Waals surface area contributed by atoms with E-state index in [-0.39, 0.29) is 12.1 Å². The van der Waals surface area contributed by atoms with Gasteiger partial charge < -0.3 is 20.5 Å². The van der Waals surface area contributed by atoms with Gasteiger partial charge in [-0.1, -0.05) is 0 Å². The van der Waals surface area contributed by atoms with Crippen LogP contribution in [0.25, 0.3) is 0 Å². The Kier molecular flexibility index (Phi) is 4.31. The van der Waals surface area contributed by atoms with E-state index in [1.807, 2.05) is 0 Å². The van der Waals surface area contributed by atoms with Gasteiger partial charge in [-0.2, -0.15) is 0 Å². The standard InChI is InChI=1S/C9H18N2O3/c1-14-9(13)8(10)3-5-11-4-2-7(12)6-11/h7-8,12H,2-6,10H2,1H3. The molecule has 2 atom stereocenters. The third-order valence-corrected chi connectivity index (χ3v) is 2.51. The number of aliphatic hydroxyl groups is 1. The maximum Gasteiger partial charge on any atom is 0.322 e. The van der Waals surface area contributed by atoms with Crippen LogP contribution < -0.4 is 5.73 Å². The van der Waals surface area contributed by atoms with Gasteiger partial charge in [0, 0.05) is 19.6 Å². The average Bonchev–Trinajstić information content (AvgIpc) is 2.59. The number of ether oxygens (including phenoxy) is 1. The van der Waals surface area contributed by atoms with E-state index >= 15 is 0 Å². The molecule has 1 aliphatic heterocycles. The number of nitrogens with two attached hydrogens (primary N) is 1. The van der Waals surface area contributed by atoms with Crippen molar-refractivity contribution >= 4 is 5.97 Å². The Morgan fingerprint density at radius 2 is 2.50 bits per heavy atom. The Labute approximate surface area is 83.8 Å². The highest BCUT2D eigenvalue weighted by atomic mass is 16.5. The summed E-state index contributed by atoms with van der Waals surface area (Å²) in [5, 5.41) is 9.26. The van der Waals surface area contributed by atoms with Gasteiger partial charge in [0.15, 0.2) is 0 Å². The molecule has 0 aliphatic carbocycles. The van der Waals surface area contributed by atoms with Crippen molar-refractivity contribution in [3.05, 3.63) is 0 Å². The summed E-state index contributed by atoms with van der Waals surface area (Å²) in [6.07, 6.45) is 1.18. The van der Waals surface area contributed by atoms with Crippen molar-refractivity contribution in [3.63, 3.8) is 0 Å². The smallest absolute Gasteiger partial charge is 0.322 e. The maximum atomic E-state index is 11.0. The predicted octanol–water partition coefficient (Wildman–Crippen LogP) is -1.06. The first-order valence-electron chi connectivity index (χ1n) is 4.87. The Morgan fingerprint density at radius 1 is 1.79 bits per heavy atom. The number of nitrogens with zero attached hydrogens (tertiary/aromatic N) is 1. The molecule has 14 heavy (non-hydrogen) atoms. The number of rotatable bonds is 4.